The third-order valence-corrected chi connectivity index (χ3v) is 1.91. The smallest absolute Gasteiger partial charge is 0.224 e. The second-order valence-electron chi connectivity index (χ2n) is 2.95. The van der Waals surface area contributed by atoms with Crippen molar-refractivity contribution in [3.63, 3.8) is 0 Å². The molecule has 0 saturated heterocycles. The lowest BCUT2D eigenvalue weighted by Gasteiger charge is -2.01. The van der Waals surface area contributed by atoms with E-state index in [2.05, 4.69) is 25.6 Å². The summed E-state index contributed by atoms with van der Waals surface area (Å²) in [4.78, 5) is 7.76. The molecule has 0 atom stereocenters. The summed E-state index contributed by atoms with van der Waals surface area (Å²) < 4.78 is 1.64. The predicted molar refractivity (Wildman–Crippen MR) is 55.4 cm³/mol. The molecule has 6 nitrogen and oxygen atoms in total. The van der Waals surface area contributed by atoms with E-state index in [1.807, 2.05) is 13.2 Å². The first-order chi connectivity index (χ1) is 7.24. The van der Waals surface area contributed by atoms with Gasteiger partial charge in [0.25, 0.3) is 0 Å². The molecule has 0 aliphatic rings. The van der Waals surface area contributed by atoms with Gasteiger partial charge in [-0.2, -0.15) is 0 Å². The fourth-order valence-electron chi connectivity index (χ4n) is 1.09. The zero-order chi connectivity index (χ0) is 10.7. The van der Waals surface area contributed by atoms with Gasteiger partial charge in [-0.25, -0.2) is 9.97 Å². The molecule has 0 aliphatic heterocycles. The average Bonchev–Trinajstić information content (AvgIpc) is 2.62. The number of nitrogens with zero attached hydrogens (tertiary/aromatic N) is 5. The molecule has 0 fully saturated rings. The van der Waals surface area contributed by atoms with Crippen molar-refractivity contribution >= 4 is 17.4 Å². The molecule has 2 heterocycles. The van der Waals surface area contributed by atoms with E-state index in [9.17, 15) is 0 Å². The van der Waals surface area contributed by atoms with Crippen LogP contribution in [0.3, 0.4) is 0 Å². The topological polar surface area (TPSA) is 68.5 Å². The van der Waals surface area contributed by atoms with E-state index >= 15 is 0 Å². The van der Waals surface area contributed by atoms with Crippen LogP contribution in [0.4, 0.5) is 5.82 Å². The Morgan fingerprint density at radius 2 is 2.40 bits per heavy atom. The number of aromatic nitrogens is 5. The summed E-state index contributed by atoms with van der Waals surface area (Å²) in [7, 11) is 1.82. The Labute approximate surface area is 91.3 Å². The highest BCUT2D eigenvalue weighted by Crippen LogP contribution is 2.06. The molecule has 15 heavy (non-hydrogen) atoms. The zero-order valence-corrected chi connectivity index (χ0v) is 8.81. The minimum atomic E-state index is 0.221. The molecule has 0 amide bonds. The Balaban J connectivity index is 1.99. The van der Waals surface area contributed by atoms with Crippen molar-refractivity contribution in [2.75, 3.05) is 5.32 Å². The quantitative estimate of drug-likeness (QED) is 0.784. The molecule has 78 valence electrons. The van der Waals surface area contributed by atoms with Crippen LogP contribution < -0.4 is 5.32 Å². The van der Waals surface area contributed by atoms with Crippen molar-refractivity contribution in [3.05, 3.63) is 29.4 Å². The van der Waals surface area contributed by atoms with Crippen LogP contribution in [0.25, 0.3) is 0 Å². The SMILES string of the molecule is Cn1cc(CNc2ccnc(Cl)n2)nn1. The third kappa shape index (κ3) is 2.63. The second-order valence-corrected chi connectivity index (χ2v) is 3.29. The van der Waals surface area contributed by atoms with Crippen molar-refractivity contribution < 1.29 is 0 Å². The number of halogens is 1. The van der Waals surface area contributed by atoms with E-state index in [1.54, 1.807) is 16.9 Å². The van der Waals surface area contributed by atoms with Gasteiger partial charge in [0.2, 0.25) is 5.28 Å². The van der Waals surface area contributed by atoms with Crippen molar-refractivity contribution in [3.8, 4) is 0 Å². The lowest BCUT2D eigenvalue weighted by atomic mass is 10.4. The fraction of sp³-hybridized carbons (Fsp3) is 0.250. The maximum Gasteiger partial charge on any atom is 0.224 e. The van der Waals surface area contributed by atoms with Crippen LogP contribution in [-0.2, 0) is 13.6 Å². The summed E-state index contributed by atoms with van der Waals surface area (Å²) in [6, 6.07) is 1.74. The molecule has 0 bridgehead atoms. The molecule has 0 spiro atoms. The lowest BCUT2D eigenvalue weighted by molar-refractivity contribution is 0.713. The number of rotatable bonds is 3. The largest absolute Gasteiger partial charge is 0.364 e. The molecule has 7 heteroatoms. The molecule has 2 aromatic rings. The van der Waals surface area contributed by atoms with Crippen LogP contribution in [0.1, 0.15) is 5.69 Å². The van der Waals surface area contributed by atoms with Crippen LogP contribution in [0.5, 0.6) is 0 Å². The van der Waals surface area contributed by atoms with Crippen LogP contribution >= 0.6 is 11.6 Å². The molecule has 0 aliphatic carbocycles. The first-order valence-electron chi connectivity index (χ1n) is 4.31. The summed E-state index contributed by atoms with van der Waals surface area (Å²) in [6.45, 7) is 0.557. The van der Waals surface area contributed by atoms with E-state index in [1.165, 1.54) is 0 Å². The summed E-state index contributed by atoms with van der Waals surface area (Å²) in [6.07, 6.45) is 3.42. The van der Waals surface area contributed by atoms with Gasteiger partial charge in [0.15, 0.2) is 0 Å². The maximum atomic E-state index is 5.64. The Bertz CT molecular complexity index is 454. The Hall–Kier alpha value is -1.69. The zero-order valence-electron chi connectivity index (χ0n) is 8.05. The van der Waals surface area contributed by atoms with Crippen molar-refractivity contribution in [2.24, 2.45) is 7.05 Å². The first-order valence-corrected chi connectivity index (χ1v) is 4.69. The third-order valence-electron chi connectivity index (χ3n) is 1.73. The number of anilines is 1. The van der Waals surface area contributed by atoms with Gasteiger partial charge in [0, 0.05) is 19.4 Å². The van der Waals surface area contributed by atoms with Gasteiger partial charge < -0.3 is 5.32 Å². The molecule has 2 rings (SSSR count). The molecule has 2 aromatic heterocycles. The first kappa shape index (κ1) is 9.85. The van der Waals surface area contributed by atoms with E-state index in [0.717, 1.165) is 5.69 Å². The summed E-state index contributed by atoms with van der Waals surface area (Å²) >= 11 is 5.64. The Morgan fingerprint density at radius 3 is 3.07 bits per heavy atom. The molecule has 1 N–H and O–H groups in total. The van der Waals surface area contributed by atoms with E-state index in [4.69, 9.17) is 11.6 Å². The summed E-state index contributed by atoms with van der Waals surface area (Å²) in [5, 5.41) is 11.0. The Kier molecular flexibility index (Phi) is 2.77. The van der Waals surface area contributed by atoms with E-state index in [-0.39, 0.29) is 5.28 Å². The van der Waals surface area contributed by atoms with Crippen LogP contribution in [0.15, 0.2) is 18.5 Å². The van der Waals surface area contributed by atoms with Crippen molar-refractivity contribution in [1.29, 1.82) is 0 Å². The normalized spacial score (nSPS) is 10.3. The fourth-order valence-corrected chi connectivity index (χ4v) is 1.24. The van der Waals surface area contributed by atoms with Gasteiger partial charge in [0.1, 0.15) is 11.5 Å². The monoisotopic (exact) mass is 224 g/mol. The molecule has 0 aromatic carbocycles. The van der Waals surface area contributed by atoms with Gasteiger partial charge in [-0.05, 0) is 17.7 Å². The minimum Gasteiger partial charge on any atom is -0.364 e. The number of nitrogens with one attached hydrogen (secondary N) is 1. The van der Waals surface area contributed by atoms with E-state index in [0.29, 0.717) is 12.4 Å². The van der Waals surface area contributed by atoms with Crippen molar-refractivity contribution in [2.45, 2.75) is 6.54 Å². The predicted octanol–water partition coefficient (Wildman–Crippen LogP) is 0.871. The van der Waals surface area contributed by atoms with Gasteiger partial charge >= 0.3 is 0 Å². The standard InChI is InChI=1S/C8H9ClN6/c1-15-5-6(13-14-15)4-11-7-2-3-10-8(9)12-7/h2-3,5H,4H2,1H3,(H,10,11,12). The van der Waals surface area contributed by atoms with Crippen LogP contribution in [-0.4, -0.2) is 25.0 Å². The highest BCUT2D eigenvalue weighted by molar-refractivity contribution is 6.28. The highest BCUT2D eigenvalue weighted by atomic mass is 35.5. The van der Waals surface area contributed by atoms with Crippen LogP contribution in [0.2, 0.25) is 5.28 Å². The minimum absolute atomic E-state index is 0.221. The van der Waals surface area contributed by atoms with E-state index < -0.39 is 0 Å². The molecule has 0 saturated carbocycles. The average molecular weight is 225 g/mol. The number of hydrogen-bond donors (Lipinski definition) is 1. The van der Waals surface area contributed by atoms with Gasteiger partial charge in [-0.3, -0.25) is 4.68 Å². The lowest BCUT2D eigenvalue weighted by Crippen LogP contribution is -2.02. The van der Waals surface area contributed by atoms with Gasteiger partial charge in [-0.1, -0.05) is 5.21 Å². The van der Waals surface area contributed by atoms with Crippen LogP contribution in [0, 0.1) is 0 Å². The molecular formula is C8H9ClN6. The molecule has 0 unspecified atom stereocenters. The second kappa shape index (κ2) is 4.22. The maximum absolute atomic E-state index is 5.64. The van der Waals surface area contributed by atoms with Gasteiger partial charge in [-0.15, -0.1) is 5.10 Å². The number of aryl methyl sites for hydroxylation is 1. The molecule has 0 radical (unpaired) electrons. The summed E-state index contributed by atoms with van der Waals surface area (Å²) in [5.41, 5.74) is 0.840. The summed E-state index contributed by atoms with van der Waals surface area (Å²) in [5.74, 6) is 0.667. The number of hydrogen-bond acceptors (Lipinski definition) is 5. The Morgan fingerprint density at radius 1 is 1.53 bits per heavy atom. The van der Waals surface area contributed by atoms with Gasteiger partial charge in [0.05, 0.1) is 6.54 Å². The highest BCUT2D eigenvalue weighted by Gasteiger charge is 1.99. The van der Waals surface area contributed by atoms with Crippen molar-refractivity contribution in [1.82, 2.24) is 25.0 Å². The molecular weight excluding hydrogens is 216 g/mol.